The minimum absolute atomic E-state index is 0. The molecule has 0 aromatic heterocycles. The molecule has 84 valence electrons. The van der Waals surface area contributed by atoms with Crippen molar-refractivity contribution in [3.8, 4) is 0 Å². The second-order valence-electron chi connectivity index (χ2n) is 3.68. The predicted molar refractivity (Wildman–Crippen MR) is 61.4 cm³/mol. The smallest absolute Gasteiger partial charge is 0.691 e. The molecule has 0 radical (unpaired) electrons. The summed E-state index contributed by atoms with van der Waals surface area (Å²) in [5.74, 6) is 0. The molecule has 0 spiro atoms. The van der Waals surface area contributed by atoms with E-state index in [9.17, 15) is 5.26 Å². The van der Waals surface area contributed by atoms with Crippen molar-refractivity contribution in [1.29, 1.82) is 0 Å². The molecule has 0 aliphatic carbocycles. The molecular weight excluding hydrogens is 247 g/mol. The number of benzene rings is 2. The van der Waals surface area contributed by atoms with Gasteiger partial charge in [-0.1, -0.05) is 23.8 Å². The van der Waals surface area contributed by atoms with Crippen LogP contribution in [0.2, 0.25) is 0 Å². The van der Waals surface area contributed by atoms with E-state index < -0.39 is 0 Å². The fraction of sp³-hybridized carbons (Fsp3) is 0.167. The van der Waals surface area contributed by atoms with Gasteiger partial charge in [0.15, 0.2) is 0 Å². The molecule has 2 aromatic carbocycles. The summed E-state index contributed by atoms with van der Waals surface area (Å²) in [6, 6.07) is 10.2. The fourth-order valence-electron chi connectivity index (χ4n) is 1.72. The average molecular weight is 258 g/mol. The number of hydrogen-bond donors (Lipinski definition) is 0. The van der Waals surface area contributed by atoms with Crippen LogP contribution in [-0.4, -0.2) is 0 Å². The molecule has 2 rings (SSSR count). The van der Waals surface area contributed by atoms with Gasteiger partial charge in [-0.05, 0) is 42.3 Å². The van der Waals surface area contributed by atoms with Gasteiger partial charge in [-0.25, -0.2) is 0 Å². The summed E-state index contributed by atoms with van der Waals surface area (Å²) >= 11 is 0.919. The van der Waals surface area contributed by atoms with E-state index in [1.165, 1.54) is 10.9 Å². The van der Waals surface area contributed by atoms with Gasteiger partial charge in [0.25, 0.3) is 0 Å². The minimum Gasteiger partial charge on any atom is -0.691 e. The zero-order valence-corrected chi connectivity index (χ0v) is 12.8. The number of hydrogen-bond acceptors (Lipinski definition) is 4. The van der Waals surface area contributed by atoms with Crippen molar-refractivity contribution in [3.63, 3.8) is 0 Å². The summed E-state index contributed by atoms with van der Waals surface area (Å²) in [6.45, 7) is 4.10. The van der Waals surface area contributed by atoms with Gasteiger partial charge in [-0.3, -0.25) is 5.04 Å². The SMILES string of the molecule is Cc1ccc2cc(SOO[O-])cc(C)c2c1.[Na+]. The second-order valence-corrected chi connectivity index (χ2v) is 4.46. The van der Waals surface area contributed by atoms with Crippen LogP contribution in [0.4, 0.5) is 0 Å². The van der Waals surface area contributed by atoms with E-state index in [0.29, 0.717) is 0 Å². The third kappa shape index (κ3) is 3.69. The molecule has 0 amide bonds. The van der Waals surface area contributed by atoms with Gasteiger partial charge in [0.2, 0.25) is 0 Å². The van der Waals surface area contributed by atoms with Crippen molar-refractivity contribution < 1.29 is 44.2 Å². The van der Waals surface area contributed by atoms with E-state index in [-0.39, 0.29) is 29.6 Å². The van der Waals surface area contributed by atoms with Gasteiger partial charge >= 0.3 is 29.6 Å². The molecule has 0 N–H and O–H groups in total. The first-order valence-corrected chi connectivity index (χ1v) is 5.59. The zero-order valence-electron chi connectivity index (χ0n) is 10.0. The maximum atomic E-state index is 9.75. The Hall–Kier alpha value is -0.0700. The molecule has 0 bridgehead atoms. The summed E-state index contributed by atoms with van der Waals surface area (Å²) < 4.78 is 4.31. The Balaban J connectivity index is 0.00000144. The molecule has 3 nitrogen and oxygen atoms in total. The molecule has 0 aliphatic heterocycles. The number of aryl methyl sites for hydroxylation is 2. The largest absolute Gasteiger partial charge is 1.00 e. The molecule has 0 heterocycles. The third-order valence-corrected chi connectivity index (χ3v) is 3.00. The molecule has 17 heavy (non-hydrogen) atoms. The average Bonchev–Trinajstić information content (AvgIpc) is 2.27. The van der Waals surface area contributed by atoms with Crippen LogP contribution in [0.15, 0.2) is 35.2 Å². The Bertz CT molecular complexity index is 516. The first-order valence-electron chi connectivity index (χ1n) is 4.85. The van der Waals surface area contributed by atoms with Crippen molar-refractivity contribution in [2.24, 2.45) is 0 Å². The molecule has 0 aliphatic rings. The molecule has 2 aromatic rings. The predicted octanol–water partition coefficient (Wildman–Crippen LogP) is -0.309. The Morgan fingerprint density at radius 3 is 2.59 bits per heavy atom. The number of rotatable bonds is 3. The summed E-state index contributed by atoms with van der Waals surface area (Å²) in [7, 11) is 0. The van der Waals surface area contributed by atoms with Crippen LogP contribution in [0, 0.1) is 13.8 Å². The van der Waals surface area contributed by atoms with E-state index in [0.717, 1.165) is 27.9 Å². The van der Waals surface area contributed by atoms with Crippen molar-refractivity contribution in [3.05, 3.63) is 41.5 Å². The van der Waals surface area contributed by atoms with Crippen LogP contribution in [-0.2, 0) is 9.37 Å². The minimum atomic E-state index is 0. The standard InChI is InChI=1S/C12H12O3S.Na/c1-8-3-4-10-7-11(16-15-14-13)6-9(2)12(10)5-8;/h3-7,13H,1-2H3;/q;+1/p-1. The van der Waals surface area contributed by atoms with E-state index in [1.807, 2.05) is 19.1 Å². The number of fused-ring (bicyclic) bond motifs is 1. The zero-order chi connectivity index (χ0) is 11.5. The van der Waals surface area contributed by atoms with E-state index >= 15 is 0 Å². The van der Waals surface area contributed by atoms with Crippen molar-refractivity contribution in [2.45, 2.75) is 18.7 Å². The Morgan fingerprint density at radius 1 is 1.12 bits per heavy atom. The van der Waals surface area contributed by atoms with Gasteiger partial charge in [0, 0.05) is 4.90 Å². The molecule has 5 heteroatoms. The summed E-state index contributed by atoms with van der Waals surface area (Å²) in [4.78, 5) is 0.852. The Kier molecular flexibility index (Phi) is 5.95. The first-order chi connectivity index (χ1) is 7.70. The Morgan fingerprint density at radius 2 is 1.88 bits per heavy atom. The van der Waals surface area contributed by atoms with E-state index in [4.69, 9.17) is 0 Å². The fourth-order valence-corrected chi connectivity index (χ4v) is 2.23. The maximum absolute atomic E-state index is 9.75. The first kappa shape index (κ1) is 15.0. The van der Waals surface area contributed by atoms with Crippen molar-refractivity contribution in [1.82, 2.24) is 0 Å². The molecule has 0 saturated heterocycles. The summed E-state index contributed by atoms with van der Waals surface area (Å²) in [6.07, 6.45) is 0. The van der Waals surface area contributed by atoms with Gasteiger partial charge in [-0.15, -0.1) is 0 Å². The van der Waals surface area contributed by atoms with Gasteiger partial charge < -0.3 is 5.26 Å². The van der Waals surface area contributed by atoms with Crippen molar-refractivity contribution >= 4 is 22.8 Å². The van der Waals surface area contributed by atoms with Gasteiger partial charge in [0.1, 0.15) is 0 Å². The van der Waals surface area contributed by atoms with E-state index in [2.05, 4.69) is 34.5 Å². The second kappa shape index (κ2) is 6.75. The molecular formula is C12H11NaO3S. The van der Waals surface area contributed by atoms with Crippen molar-refractivity contribution in [2.75, 3.05) is 0 Å². The van der Waals surface area contributed by atoms with Crippen LogP contribution < -0.4 is 34.8 Å². The summed E-state index contributed by atoms with van der Waals surface area (Å²) in [5, 5.41) is 15.4. The topological polar surface area (TPSA) is 41.5 Å². The third-order valence-electron chi connectivity index (χ3n) is 2.45. The molecule has 0 atom stereocenters. The molecule has 0 unspecified atom stereocenters. The molecule has 0 fully saturated rings. The Labute approximate surface area is 126 Å². The molecule has 0 saturated carbocycles. The van der Waals surface area contributed by atoms with Gasteiger partial charge in [-0.2, -0.15) is 4.33 Å². The van der Waals surface area contributed by atoms with Gasteiger partial charge in [0.05, 0.1) is 12.0 Å². The summed E-state index contributed by atoms with van der Waals surface area (Å²) in [5.41, 5.74) is 2.38. The maximum Gasteiger partial charge on any atom is 1.00 e. The van der Waals surface area contributed by atoms with Crippen LogP contribution >= 0.6 is 12.0 Å². The van der Waals surface area contributed by atoms with Crippen LogP contribution in [0.5, 0.6) is 0 Å². The quantitative estimate of drug-likeness (QED) is 0.328. The van der Waals surface area contributed by atoms with Crippen LogP contribution in [0.1, 0.15) is 11.1 Å². The van der Waals surface area contributed by atoms with Crippen LogP contribution in [0.25, 0.3) is 10.8 Å². The normalized spacial score (nSPS) is 10.3. The van der Waals surface area contributed by atoms with E-state index in [1.54, 1.807) is 0 Å². The van der Waals surface area contributed by atoms with Crippen LogP contribution in [0.3, 0.4) is 0 Å². The monoisotopic (exact) mass is 258 g/mol.